The van der Waals surface area contributed by atoms with Crippen molar-refractivity contribution in [3.8, 4) is 0 Å². The van der Waals surface area contributed by atoms with Crippen molar-refractivity contribution >= 4 is 17.4 Å². The molecule has 0 saturated carbocycles. The summed E-state index contributed by atoms with van der Waals surface area (Å²) in [6.45, 7) is 5.55. The number of carbonyl (C=O) groups is 1. The van der Waals surface area contributed by atoms with Crippen LogP contribution in [0.25, 0.3) is 0 Å². The Hall–Kier alpha value is -2.04. The summed E-state index contributed by atoms with van der Waals surface area (Å²) in [5.74, 6) is -1.07. The average Bonchev–Trinajstić information content (AvgIpc) is 2.31. The number of hydrogen-bond donors (Lipinski definition) is 3. The Bertz CT molecular complexity index is 455. The molecule has 0 aromatic heterocycles. The summed E-state index contributed by atoms with van der Waals surface area (Å²) in [6.07, 6.45) is 0. The standard InChI is InChI=1S/C12H17N3O2/c1-7-4-5-10(6-8(7)2)14-12(16)9(3)11(13)15-17/h4-6,9,17H,1-3H3,(H2,13,15)(H,14,16). The number of oxime groups is 1. The number of aryl methyl sites for hydroxylation is 2. The second kappa shape index (κ2) is 5.34. The van der Waals surface area contributed by atoms with E-state index in [9.17, 15) is 4.79 Å². The minimum atomic E-state index is -0.665. The number of nitrogens with two attached hydrogens (primary N) is 1. The van der Waals surface area contributed by atoms with Crippen molar-refractivity contribution in [3.63, 3.8) is 0 Å². The maximum Gasteiger partial charge on any atom is 0.234 e. The van der Waals surface area contributed by atoms with Crippen molar-refractivity contribution in [1.82, 2.24) is 0 Å². The third kappa shape index (κ3) is 3.21. The largest absolute Gasteiger partial charge is 0.409 e. The van der Waals surface area contributed by atoms with Gasteiger partial charge in [0.1, 0.15) is 0 Å². The summed E-state index contributed by atoms with van der Waals surface area (Å²) in [5, 5.41) is 14.0. The molecule has 0 saturated heterocycles. The van der Waals surface area contributed by atoms with Gasteiger partial charge in [-0.1, -0.05) is 11.2 Å². The highest BCUT2D eigenvalue weighted by molar-refractivity contribution is 6.07. The van der Waals surface area contributed by atoms with Crippen LogP contribution < -0.4 is 11.1 Å². The highest BCUT2D eigenvalue weighted by atomic mass is 16.4. The second-order valence-electron chi connectivity index (χ2n) is 4.03. The molecule has 0 heterocycles. The summed E-state index contributed by atoms with van der Waals surface area (Å²) in [4.78, 5) is 11.7. The van der Waals surface area contributed by atoms with Crippen LogP contribution in [0, 0.1) is 19.8 Å². The predicted molar refractivity (Wildman–Crippen MR) is 67.1 cm³/mol. The smallest absolute Gasteiger partial charge is 0.234 e. The minimum absolute atomic E-state index is 0.105. The molecule has 92 valence electrons. The summed E-state index contributed by atoms with van der Waals surface area (Å²) >= 11 is 0. The molecule has 5 heteroatoms. The molecule has 0 aliphatic rings. The van der Waals surface area contributed by atoms with Gasteiger partial charge in [-0.05, 0) is 44.0 Å². The van der Waals surface area contributed by atoms with E-state index in [1.54, 1.807) is 6.92 Å². The quantitative estimate of drug-likeness (QED) is 0.322. The number of hydrogen-bond acceptors (Lipinski definition) is 3. The van der Waals surface area contributed by atoms with E-state index in [4.69, 9.17) is 10.9 Å². The Morgan fingerprint density at radius 2 is 2.06 bits per heavy atom. The zero-order valence-corrected chi connectivity index (χ0v) is 10.2. The second-order valence-corrected chi connectivity index (χ2v) is 4.03. The van der Waals surface area contributed by atoms with Crippen LogP contribution >= 0.6 is 0 Å². The van der Waals surface area contributed by atoms with Crippen LogP contribution in [0.1, 0.15) is 18.1 Å². The summed E-state index contributed by atoms with van der Waals surface area (Å²) < 4.78 is 0. The molecule has 5 nitrogen and oxygen atoms in total. The summed E-state index contributed by atoms with van der Waals surface area (Å²) in [5.41, 5.74) is 8.32. The topological polar surface area (TPSA) is 87.7 Å². The minimum Gasteiger partial charge on any atom is -0.409 e. The number of amides is 1. The molecule has 4 N–H and O–H groups in total. The van der Waals surface area contributed by atoms with Crippen LogP contribution in [0.3, 0.4) is 0 Å². The van der Waals surface area contributed by atoms with Gasteiger partial charge in [-0.2, -0.15) is 0 Å². The summed E-state index contributed by atoms with van der Waals surface area (Å²) in [6, 6.07) is 5.63. The van der Waals surface area contributed by atoms with E-state index >= 15 is 0 Å². The van der Waals surface area contributed by atoms with E-state index in [0.717, 1.165) is 11.1 Å². The zero-order chi connectivity index (χ0) is 13.0. The lowest BCUT2D eigenvalue weighted by atomic mass is 10.1. The first kappa shape index (κ1) is 13.0. The number of carbonyl (C=O) groups excluding carboxylic acids is 1. The van der Waals surface area contributed by atoms with E-state index in [0.29, 0.717) is 5.69 Å². The van der Waals surface area contributed by atoms with Crippen LogP contribution in [0.5, 0.6) is 0 Å². The first-order valence-electron chi connectivity index (χ1n) is 5.31. The lowest BCUT2D eigenvalue weighted by Crippen LogP contribution is -2.32. The molecule has 1 atom stereocenters. The molecular weight excluding hydrogens is 218 g/mol. The van der Waals surface area contributed by atoms with Crippen LogP contribution in [-0.4, -0.2) is 17.0 Å². The fourth-order valence-electron chi connectivity index (χ4n) is 1.29. The van der Waals surface area contributed by atoms with Crippen LogP contribution in [0.2, 0.25) is 0 Å². The number of anilines is 1. The van der Waals surface area contributed by atoms with Gasteiger partial charge in [0.15, 0.2) is 5.84 Å². The van der Waals surface area contributed by atoms with Gasteiger partial charge in [0, 0.05) is 5.69 Å². The van der Waals surface area contributed by atoms with Crippen molar-refractivity contribution < 1.29 is 10.0 Å². The molecule has 0 bridgehead atoms. The summed E-state index contributed by atoms with van der Waals surface area (Å²) in [7, 11) is 0. The van der Waals surface area contributed by atoms with Gasteiger partial charge in [-0.3, -0.25) is 4.79 Å². The molecule has 1 unspecified atom stereocenters. The van der Waals surface area contributed by atoms with Gasteiger partial charge in [0.25, 0.3) is 0 Å². The molecule has 1 amide bonds. The lowest BCUT2D eigenvalue weighted by Gasteiger charge is -2.11. The van der Waals surface area contributed by atoms with Gasteiger partial charge in [0.05, 0.1) is 5.92 Å². The Labute approximate surface area is 100 Å². The van der Waals surface area contributed by atoms with Gasteiger partial charge in [-0.25, -0.2) is 0 Å². The maximum atomic E-state index is 11.7. The highest BCUT2D eigenvalue weighted by Gasteiger charge is 2.17. The molecule has 0 aliphatic heterocycles. The van der Waals surface area contributed by atoms with Crippen molar-refractivity contribution in [2.45, 2.75) is 20.8 Å². The number of nitrogens with zero attached hydrogens (tertiary/aromatic N) is 1. The number of rotatable bonds is 3. The van der Waals surface area contributed by atoms with Crippen molar-refractivity contribution in [1.29, 1.82) is 0 Å². The first-order valence-corrected chi connectivity index (χ1v) is 5.31. The normalized spacial score (nSPS) is 13.2. The third-order valence-corrected chi connectivity index (χ3v) is 2.73. The first-order chi connectivity index (χ1) is 7.95. The Kier molecular flexibility index (Phi) is 4.09. The van der Waals surface area contributed by atoms with Crippen molar-refractivity contribution in [2.24, 2.45) is 16.8 Å². The highest BCUT2D eigenvalue weighted by Crippen LogP contribution is 2.15. The van der Waals surface area contributed by atoms with E-state index in [1.165, 1.54) is 0 Å². The molecule has 0 aliphatic carbocycles. The molecule has 1 aromatic rings. The van der Waals surface area contributed by atoms with Gasteiger partial charge < -0.3 is 16.3 Å². The zero-order valence-electron chi connectivity index (χ0n) is 10.2. The van der Waals surface area contributed by atoms with E-state index in [2.05, 4.69) is 10.5 Å². The van der Waals surface area contributed by atoms with E-state index in [-0.39, 0.29) is 11.7 Å². The van der Waals surface area contributed by atoms with E-state index < -0.39 is 5.92 Å². The molecule has 1 aromatic carbocycles. The predicted octanol–water partition coefficient (Wildman–Crippen LogP) is 1.62. The fraction of sp³-hybridized carbons (Fsp3) is 0.333. The van der Waals surface area contributed by atoms with Gasteiger partial charge >= 0.3 is 0 Å². The number of nitrogens with one attached hydrogen (secondary N) is 1. The molecule has 17 heavy (non-hydrogen) atoms. The molecule has 1 rings (SSSR count). The lowest BCUT2D eigenvalue weighted by molar-refractivity contribution is -0.117. The Balaban J connectivity index is 2.78. The van der Waals surface area contributed by atoms with Gasteiger partial charge in [0.2, 0.25) is 5.91 Å². The third-order valence-electron chi connectivity index (χ3n) is 2.73. The fourth-order valence-corrected chi connectivity index (χ4v) is 1.29. The van der Waals surface area contributed by atoms with Crippen molar-refractivity contribution in [3.05, 3.63) is 29.3 Å². The Morgan fingerprint density at radius 1 is 1.41 bits per heavy atom. The van der Waals surface area contributed by atoms with Gasteiger partial charge in [-0.15, -0.1) is 0 Å². The Morgan fingerprint density at radius 3 is 2.59 bits per heavy atom. The number of benzene rings is 1. The number of amidine groups is 1. The van der Waals surface area contributed by atoms with E-state index in [1.807, 2.05) is 32.0 Å². The molecule has 0 radical (unpaired) electrons. The average molecular weight is 235 g/mol. The van der Waals surface area contributed by atoms with Crippen LogP contribution in [0.4, 0.5) is 5.69 Å². The SMILES string of the molecule is Cc1ccc(NC(=O)C(C)/C(N)=N/O)cc1C. The van der Waals surface area contributed by atoms with Crippen LogP contribution in [0.15, 0.2) is 23.4 Å². The monoisotopic (exact) mass is 235 g/mol. The molecule has 0 fully saturated rings. The van der Waals surface area contributed by atoms with Crippen molar-refractivity contribution in [2.75, 3.05) is 5.32 Å². The molecular formula is C12H17N3O2. The maximum absolute atomic E-state index is 11.7. The van der Waals surface area contributed by atoms with Crippen LogP contribution in [-0.2, 0) is 4.79 Å². The molecule has 0 spiro atoms.